The Morgan fingerprint density at radius 2 is 1.62 bits per heavy atom. The fourth-order valence-electron chi connectivity index (χ4n) is 0.532. The third-order valence-corrected chi connectivity index (χ3v) is 1.26. The van der Waals surface area contributed by atoms with Crippen LogP contribution in [0.25, 0.3) is 0 Å². The third kappa shape index (κ3) is 4.07. The molecular weight excluding hydrogens is 202 g/mol. The maximum atomic E-state index is 10.7. The summed E-state index contributed by atoms with van der Waals surface area (Å²) in [6.45, 7) is 0. The molecule has 0 aromatic heterocycles. The minimum atomic E-state index is -1.68. The van der Waals surface area contributed by atoms with E-state index < -0.39 is 24.1 Å². The second-order valence-corrected chi connectivity index (χ2v) is 2.02. The van der Waals surface area contributed by atoms with Gasteiger partial charge in [-0.2, -0.15) is 0 Å². The van der Waals surface area contributed by atoms with E-state index in [1.165, 1.54) is 0 Å². The van der Waals surface area contributed by atoms with Crippen molar-refractivity contribution in [3.8, 4) is 0 Å². The fourth-order valence-corrected chi connectivity index (χ4v) is 0.532. The van der Waals surface area contributed by atoms with Gasteiger partial charge >= 0.3 is 11.9 Å². The Morgan fingerprint density at radius 3 is 1.92 bits per heavy atom. The van der Waals surface area contributed by atoms with Crippen molar-refractivity contribution in [3.05, 3.63) is 0 Å². The van der Waals surface area contributed by atoms with Crippen LogP contribution < -0.4 is 5.73 Å². The van der Waals surface area contributed by atoms with Crippen LogP contribution in [0.5, 0.6) is 0 Å². The van der Waals surface area contributed by atoms with Crippen molar-refractivity contribution in [2.24, 2.45) is 5.73 Å². The van der Waals surface area contributed by atoms with Crippen molar-refractivity contribution in [1.82, 2.24) is 0 Å². The Hall–Kier alpha value is -0.850. The van der Waals surface area contributed by atoms with Crippen molar-refractivity contribution < 1.29 is 24.2 Å². The van der Waals surface area contributed by atoms with E-state index in [9.17, 15) is 9.59 Å². The van der Waals surface area contributed by atoms with E-state index in [4.69, 9.17) is 10.8 Å². The number of carbonyl (C=O) groups is 2. The van der Waals surface area contributed by atoms with Crippen LogP contribution in [0.3, 0.4) is 0 Å². The van der Waals surface area contributed by atoms with E-state index in [2.05, 4.69) is 9.47 Å². The van der Waals surface area contributed by atoms with Gasteiger partial charge in [-0.05, 0) is 0 Å². The van der Waals surface area contributed by atoms with Crippen LogP contribution >= 0.6 is 12.4 Å². The average molecular weight is 214 g/mol. The highest BCUT2D eigenvalue weighted by molar-refractivity contribution is 5.86. The summed E-state index contributed by atoms with van der Waals surface area (Å²) in [6.07, 6.45) is -1.68. The van der Waals surface area contributed by atoms with Crippen molar-refractivity contribution in [2.75, 3.05) is 14.2 Å². The molecule has 0 rings (SSSR count). The number of esters is 2. The lowest BCUT2D eigenvalue weighted by molar-refractivity contribution is -0.158. The Bertz CT molecular complexity index is 166. The summed E-state index contributed by atoms with van der Waals surface area (Å²) >= 11 is 0. The number of methoxy groups -OCH3 is 2. The summed E-state index contributed by atoms with van der Waals surface area (Å²) in [4.78, 5) is 21.3. The first-order valence-corrected chi connectivity index (χ1v) is 3.14. The number of aliphatic hydroxyl groups is 1. The predicted molar refractivity (Wildman–Crippen MR) is 45.3 cm³/mol. The lowest BCUT2D eigenvalue weighted by atomic mass is 10.2. The summed E-state index contributed by atoms with van der Waals surface area (Å²) < 4.78 is 8.35. The predicted octanol–water partition coefficient (Wildman–Crippen LogP) is -1.56. The molecule has 7 heteroatoms. The quantitative estimate of drug-likeness (QED) is 0.551. The third-order valence-electron chi connectivity index (χ3n) is 1.26. The molecule has 0 spiro atoms. The molecule has 1 unspecified atom stereocenters. The van der Waals surface area contributed by atoms with Gasteiger partial charge in [0.1, 0.15) is 6.04 Å². The van der Waals surface area contributed by atoms with Gasteiger partial charge in [-0.15, -0.1) is 12.4 Å². The Morgan fingerprint density at radius 1 is 1.23 bits per heavy atom. The van der Waals surface area contributed by atoms with Gasteiger partial charge in [0.15, 0.2) is 6.10 Å². The van der Waals surface area contributed by atoms with Crippen LogP contribution in [-0.2, 0) is 19.1 Å². The molecule has 78 valence electrons. The summed E-state index contributed by atoms with van der Waals surface area (Å²) in [5.41, 5.74) is 5.12. The smallest absolute Gasteiger partial charge is 0.336 e. The standard InChI is InChI=1S/C6H11NO5.ClH/c1-11-5(9)3(7)4(8)6(10)12-2;/h3-4,8H,7H2,1-2H3;1H/t3-,4?;/m0./s1. The number of aliphatic hydroxyl groups excluding tert-OH is 1. The molecule has 0 aliphatic carbocycles. The summed E-state index contributed by atoms with van der Waals surface area (Å²) in [5, 5.41) is 8.99. The molecule has 0 aromatic carbocycles. The molecule has 0 bridgehead atoms. The van der Waals surface area contributed by atoms with Gasteiger partial charge in [0.2, 0.25) is 0 Å². The normalized spacial score (nSPS) is 13.5. The van der Waals surface area contributed by atoms with Gasteiger partial charge < -0.3 is 20.3 Å². The van der Waals surface area contributed by atoms with E-state index >= 15 is 0 Å². The summed E-state index contributed by atoms with van der Waals surface area (Å²) in [7, 11) is 2.18. The highest BCUT2D eigenvalue weighted by atomic mass is 35.5. The number of hydrogen-bond donors (Lipinski definition) is 2. The van der Waals surface area contributed by atoms with Gasteiger partial charge in [-0.1, -0.05) is 0 Å². The topological polar surface area (TPSA) is 98.9 Å². The van der Waals surface area contributed by atoms with Crippen molar-refractivity contribution in [1.29, 1.82) is 0 Å². The first-order chi connectivity index (χ1) is 5.54. The van der Waals surface area contributed by atoms with E-state index in [0.717, 1.165) is 14.2 Å². The summed E-state index contributed by atoms with van der Waals surface area (Å²) in [5.74, 6) is -1.83. The maximum Gasteiger partial charge on any atom is 0.336 e. The zero-order valence-electron chi connectivity index (χ0n) is 7.22. The zero-order chi connectivity index (χ0) is 9.72. The van der Waals surface area contributed by atoms with Gasteiger partial charge in [0.05, 0.1) is 14.2 Å². The SMILES string of the molecule is COC(=O)C(O)[C@H](N)C(=O)OC.Cl. The Labute approximate surface area is 81.4 Å². The maximum absolute atomic E-state index is 10.7. The van der Waals surface area contributed by atoms with Crippen LogP contribution in [0.2, 0.25) is 0 Å². The number of ether oxygens (including phenoxy) is 2. The highest BCUT2D eigenvalue weighted by Crippen LogP contribution is 1.95. The lowest BCUT2D eigenvalue weighted by Crippen LogP contribution is -2.47. The van der Waals surface area contributed by atoms with E-state index in [0.29, 0.717) is 0 Å². The van der Waals surface area contributed by atoms with Gasteiger partial charge in [0, 0.05) is 0 Å². The minimum Gasteiger partial charge on any atom is -0.468 e. The van der Waals surface area contributed by atoms with Crippen LogP contribution in [0.15, 0.2) is 0 Å². The van der Waals surface area contributed by atoms with Crippen LogP contribution in [0, 0.1) is 0 Å². The number of carbonyl (C=O) groups excluding carboxylic acids is 2. The molecule has 0 saturated heterocycles. The second-order valence-electron chi connectivity index (χ2n) is 2.02. The molecule has 0 aliphatic heterocycles. The van der Waals surface area contributed by atoms with Gasteiger partial charge in [0.25, 0.3) is 0 Å². The number of halogens is 1. The number of nitrogens with two attached hydrogens (primary N) is 1. The zero-order valence-corrected chi connectivity index (χ0v) is 8.04. The number of rotatable bonds is 3. The molecular formula is C6H12ClNO5. The highest BCUT2D eigenvalue weighted by Gasteiger charge is 2.30. The van der Waals surface area contributed by atoms with Crippen molar-refractivity contribution >= 4 is 24.3 Å². The van der Waals surface area contributed by atoms with Crippen LogP contribution in [0.1, 0.15) is 0 Å². The monoisotopic (exact) mass is 213 g/mol. The molecule has 6 nitrogen and oxygen atoms in total. The molecule has 0 radical (unpaired) electrons. The largest absolute Gasteiger partial charge is 0.468 e. The van der Waals surface area contributed by atoms with E-state index in [1.807, 2.05) is 0 Å². The molecule has 0 aromatic rings. The molecule has 0 amide bonds. The van der Waals surface area contributed by atoms with Crippen molar-refractivity contribution in [3.63, 3.8) is 0 Å². The Kier molecular flexibility index (Phi) is 7.49. The lowest BCUT2D eigenvalue weighted by Gasteiger charge is -2.13. The summed E-state index contributed by atoms with van der Waals surface area (Å²) in [6, 6.07) is -1.40. The van der Waals surface area contributed by atoms with E-state index in [1.54, 1.807) is 0 Å². The van der Waals surface area contributed by atoms with Gasteiger partial charge in [-0.3, -0.25) is 4.79 Å². The molecule has 3 N–H and O–H groups in total. The molecule has 0 heterocycles. The van der Waals surface area contributed by atoms with Crippen molar-refractivity contribution in [2.45, 2.75) is 12.1 Å². The van der Waals surface area contributed by atoms with Crippen LogP contribution in [0.4, 0.5) is 0 Å². The first kappa shape index (κ1) is 14.7. The second kappa shape index (κ2) is 6.64. The molecule has 0 saturated carbocycles. The molecule has 0 fully saturated rings. The first-order valence-electron chi connectivity index (χ1n) is 3.14. The van der Waals surface area contributed by atoms with Crippen LogP contribution in [-0.4, -0.2) is 43.4 Å². The fraction of sp³-hybridized carbons (Fsp3) is 0.667. The number of hydrogen-bond acceptors (Lipinski definition) is 6. The molecule has 0 aliphatic rings. The van der Waals surface area contributed by atoms with E-state index in [-0.39, 0.29) is 12.4 Å². The minimum absolute atomic E-state index is 0. The molecule has 2 atom stereocenters. The Balaban J connectivity index is 0. The van der Waals surface area contributed by atoms with Gasteiger partial charge in [-0.25, -0.2) is 4.79 Å². The molecule has 13 heavy (non-hydrogen) atoms. The average Bonchev–Trinajstić information content (AvgIpc) is 2.12.